The number of carboxylic acids is 1. The molecule has 2 bridgehead atoms. The third-order valence-corrected chi connectivity index (χ3v) is 8.18. The SMILES string of the molecule is CCC(C(=O)OCOc1ccc2c(c1)[C@@]13CCCC[C@@H]1[C@H](C2)NCC3)c1ccccc1.O=C(O)C(F)(F)F. The lowest BCUT2D eigenvalue weighted by Gasteiger charge is -2.56. The largest absolute Gasteiger partial charge is 0.490 e. The number of carbonyl (C=O) groups excluding carboxylic acids is 1. The van der Waals surface area contributed by atoms with Crippen molar-refractivity contribution in [2.45, 2.75) is 75.4 Å². The highest BCUT2D eigenvalue weighted by atomic mass is 19.4. The van der Waals surface area contributed by atoms with Gasteiger partial charge in [-0.1, -0.05) is 56.2 Å². The monoisotopic (exact) mass is 533 g/mol. The number of benzene rings is 2. The third-order valence-electron chi connectivity index (χ3n) is 8.18. The Labute approximate surface area is 220 Å². The molecule has 0 radical (unpaired) electrons. The molecule has 9 heteroatoms. The summed E-state index contributed by atoms with van der Waals surface area (Å²) < 4.78 is 43.2. The highest BCUT2D eigenvalue weighted by Crippen LogP contribution is 2.54. The summed E-state index contributed by atoms with van der Waals surface area (Å²) in [6.07, 6.45) is 3.26. The molecular weight excluding hydrogens is 499 g/mol. The van der Waals surface area contributed by atoms with Gasteiger partial charge in [-0.15, -0.1) is 0 Å². The number of aliphatic carboxylic acids is 1. The summed E-state index contributed by atoms with van der Waals surface area (Å²) >= 11 is 0. The van der Waals surface area contributed by atoms with E-state index in [0.717, 1.165) is 30.2 Å². The number of hydrogen-bond donors (Lipinski definition) is 2. The van der Waals surface area contributed by atoms with Crippen LogP contribution in [-0.4, -0.2) is 42.6 Å². The molecule has 0 aromatic heterocycles. The van der Waals surface area contributed by atoms with Crippen molar-refractivity contribution in [2.75, 3.05) is 13.3 Å². The summed E-state index contributed by atoms with van der Waals surface area (Å²) in [5, 5.41) is 10.9. The number of piperidine rings is 1. The first-order valence-corrected chi connectivity index (χ1v) is 13.2. The fourth-order valence-electron chi connectivity index (χ4n) is 6.47. The lowest BCUT2D eigenvalue weighted by Crippen LogP contribution is -2.59. The molecule has 0 spiro atoms. The van der Waals surface area contributed by atoms with E-state index < -0.39 is 12.1 Å². The van der Waals surface area contributed by atoms with Gasteiger partial charge in [0.05, 0.1) is 5.92 Å². The van der Waals surface area contributed by atoms with E-state index in [1.165, 1.54) is 43.2 Å². The van der Waals surface area contributed by atoms with Gasteiger partial charge >= 0.3 is 18.1 Å². The minimum Gasteiger partial charge on any atom is -0.475 e. The number of alkyl halides is 3. The Hall–Kier alpha value is -3.07. The average molecular weight is 534 g/mol. The van der Waals surface area contributed by atoms with Crippen molar-refractivity contribution in [3.8, 4) is 5.75 Å². The van der Waals surface area contributed by atoms with Crippen LogP contribution in [0, 0.1) is 5.92 Å². The van der Waals surface area contributed by atoms with E-state index in [2.05, 4.69) is 17.4 Å². The van der Waals surface area contributed by atoms with Crippen LogP contribution in [0.2, 0.25) is 0 Å². The number of rotatable bonds is 6. The van der Waals surface area contributed by atoms with Gasteiger partial charge in [0.1, 0.15) is 5.75 Å². The van der Waals surface area contributed by atoms with Crippen molar-refractivity contribution < 1.29 is 37.3 Å². The second-order valence-electron chi connectivity index (χ2n) is 10.2. The number of carbonyl (C=O) groups is 2. The maximum Gasteiger partial charge on any atom is 0.490 e. The van der Waals surface area contributed by atoms with E-state index in [4.69, 9.17) is 19.4 Å². The smallest absolute Gasteiger partial charge is 0.475 e. The van der Waals surface area contributed by atoms with Crippen LogP contribution in [0.15, 0.2) is 48.5 Å². The Bertz CT molecular complexity index is 1120. The van der Waals surface area contributed by atoms with Gasteiger partial charge in [-0.3, -0.25) is 4.79 Å². The maximum atomic E-state index is 12.6. The van der Waals surface area contributed by atoms with Crippen molar-refractivity contribution in [3.63, 3.8) is 0 Å². The van der Waals surface area contributed by atoms with Gasteiger partial charge in [-0.2, -0.15) is 13.2 Å². The van der Waals surface area contributed by atoms with Crippen molar-refractivity contribution >= 4 is 11.9 Å². The fourth-order valence-corrected chi connectivity index (χ4v) is 6.47. The summed E-state index contributed by atoms with van der Waals surface area (Å²) in [7, 11) is 0. The van der Waals surface area contributed by atoms with Gasteiger partial charge in [0.15, 0.2) is 0 Å². The highest BCUT2D eigenvalue weighted by Gasteiger charge is 2.51. The minimum atomic E-state index is -5.08. The molecule has 2 aliphatic carbocycles. The molecule has 6 nitrogen and oxygen atoms in total. The lowest BCUT2D eigenvalue weighted by molar-refractivity contribution is -0.192. The van der Waals surface area contributed by atoms with Crippen molar-refractivity contribution in [1.82, 2.24) is 5.32 Å². The second kappa shape index (κ2) is 11.8. The van der Waals surface area contributed by atoms with Gasteiger partial charge in [0, 0.05) is 11.5 Å². The molecule has 0 amide bonds. The van der Waals surface area contributed by atoms with Crippen LogP contribution in [0.5, 0.6) is 5.75 Å². The first-order chi connectivity index (χ1) is 18.2. The van der Waals surface area contributed by atoms with E-state index in [0.29, 0.717) is 17.9 Å². The number of hydrogen-bond acceptors (Lipinski definition) is 5. The van der Waals surface area contributed by atoms with Crippen LogP contribution in [0.3, 0.4) is 0 Å². The second-order valence-corrected chi connectivity index (χ2v) is 10.2. The maximum absolute atomic E-state index is 12.6. The first kappa shape index (κ1) is 28.0. The number of esters is 1. The standard InChI is InChI=1S/C27H33NO3.C2HF3O2/c1-2-22(19-8-4-3-5-9-19)26(29)31-18-30-21-12-11-20-16-25-23-10-6-7-13-27(23,14-15-28-25)24(20)17-21;3-2(4,5)1(6)7/h3-5,8-9,11-12,17,22-23,25,28H,2,6-7,10,13-16,18H2,1H3;(H,6,7)/t22?,23-,25+,27-;/m1./s1. The van der Waals surface area contributed by atoms with Gasteiger partial charge in [-0.25, -0.2) is 4.79 Å². The molecule has 2 aromatic rings. The summed E-state index contributed by atoms with van der Waals surface area (Å²) in [4.78, 5) is 21.5. The van der Waals surface area contributed by atoms with Crippen molar-refractivity contribution in [3.05, 3.63) is 65.2 Å². The summed E-state index contributed by atoms with van der Waals surface area (Å²) in [5.41, 5.74) is 4.26. The molecule has 1 aliphatic heterocycles. The third kappa shape index (κ3) is 5.98. The molecule has 3 aliphatic rings. The Morgan fingerprint density at radius 2 is 1.87 bits per heavy atom. The molecule has 38 heavy (non-hydrogen) atoms. The normalized spacial score (nSPS) is 24.5. The molecule has 1 heterocycles. The Morgan fingerprint density at radius 1 is 1.13 bits per heavy atom. The Balaban J connectivity index is 0.000000426. The van der Waals surface area contributed by atoms with Crippen molar-refractivity contribution in [1.29, 1.82) is 0 Å². The van der Waals surface area contributed by atoms with E-state index in [-0.39, 0.29) is 18.7 Å². The van der Waals surface area contributed by atoms with E-state index in [1.54, 1.807) is 0 Å². The van der Waals surface area contributed by atoms with Crippen LogP contribution in [-0.2, 0) is 26.2 Å². The van der Waals surface area contributed by atoms with Crippen LogP contribution in [0.4, 0.5) is 13.2 Å². The first-order valence-electron chi connectivity index (χ1n) is 13.2. The molecule has 4 atom stereocenters. The Morgan fingerprint density at radius 3 is 2.55 bits per heavy atom. The number of carboxylic acid groups (broad SMARTS) is 1. The van der Waals surface area contributed by atoms with Crippen LogP contribution in [0.25, 0.3) is 0 Å². The summed E-state index contributed by atoms with van der Waals surface area (Å²) in [6.45, 7) is 3.08. The van der Waals surface area contributed by atoms with E-state index in [1.807, 2.05) is 43.3 Å². The van der Waals surface area contributed by atoms with Crippen LogP contribution < -0.4 is 10.1 Å². The molecule has 1 saturated heterocycles. The number of fused-ring (bicyclic) bond motifs is 1. The fraction of sp³-hybridized carbons (Fsp3) is 0.517. The summed E-state index contributed by atoms with van der Waals surface area (Å²) in [6, 6.07) is 17.0. The molecular formula is C29H34F3NO5. The van der Waals surface area contributed by atoms with Crippen LogP contribution >= 0.6 is 0 Å². The van der Waals surface area contributed by atoms with Crippen LogP contribution in [0.1, 0.15) is 68.1 Å². The van der Waals surface area contributed by atoms with E-state index in [9.17, 15) is 18.0 Å². The predicted octanol–water partition coefficient (Wildman–Crippen LogP) is 5.74. The number of halogens is 3. The molecule has 1 unspecified atom stereocenters. The van der Waals surface area contributed by atoms with Gasteiger partial charge in [-0.05, 0) is 73.4 Å². The topological polar surface area (TPSA) is 84.9 Å². The van der Waals surface area contributed by atoms with E-state index >= 15 is 0 Å². The predicted molar refractivity (Wildman–Crippen MR) is 135 cm³/mol. The molecule has 5 rings (SSSR count). The average Bonchev–Trinajstić information content (AvgIpc) is 2.90. The van der Waals surface area contributed by atoms with Gasteiger partial charge < -0.3 is 19.9 Å². The molecule has 2 aromatic carbocycles. The summed E-state index contributed by atoms with van der Waals surface area (Å²) in [5.74, 6) is -1.67. The number of ether oxygens (including phenoxy) is 2. The molecule has 2 N–H and O–H groups in total. The Kier molecular flexibility index (Phi) is 8.65. The molecule has 206 valence electrons. The zero-order valence-electron chi connectivity index (χ0n) is 21.4. The quantitative estimate of drug-likeness (QED) is 0.364. The minimum absolute atomic E-state index is 0.0401. The highest BCUT2D eigenvalue weighted by molar-refractivity contribution is 5.78. The lowest BCUT2D eigenvalue weighted by atomic mass is 9.53. The molecule has 1 saturated carbocycles. The molecule has 2 fully saturated rings. The number of nitrogens with one attached hydrogen (secondary N) is 1. The van der Waals surface area contributed by atoms with Gasteiger partial charge in [0.2, 0.25) is 6.79 Å². The van der Waals surface area contributed by atoms with Crippen molar-refractivity contribution in [2.24, 2.45) is 5.92 Å². The zero-order valence-corrected chi connectivity index (χ0v) is 21.4. The van der Waals surface area contributed by atoms with Gasteiger partial charge in [0.25, 0.3) is 0 Å². The zero-order chi connectivity index (χ0) is 27.3.